The molecule has 0 aromatic carbocycles. The van der Waals surface area contributed by atoms with E-state index < -0.39 is 0 Å². The molecule has 0 radical (unpaired) electrons. The molecule has 0 N–H and O–H groups in total. The van der Waals surface area contributed by atoms with Gasteiger partial charge in [0.2, 0.25) is 0 Å². The molecule has 0 amide bonds. The van der Waals surface area contributed by atoms with E-state index in [0.717, 1.165) is 13.0 Å². The van der Waals surface area contributed by atoms with Gasteiger partial charge >= 0.3 is 0 Å². The molecule has 0 fully saturated rings. The third-order valence-electron chi connectivity index (χ3n) is 2.33. The van der Waals surface area contributed by atoms with Gasteiger partial charge in [-0.2, -0.15) is 0 Å². The molecule has 0 aliphatic heterocycles. The first-order valence-electron chi connectivity index (χ1n) is 5.33. The van der Waals surface area contributed by atoms with Crippen molar-refractivity contribution in [2.45, 2.75) is 13.3 Å². The molecule has 3 nitrogen and oxygen atoms in total. The van der Waals surface area contributed by atoms with Gasteiger partial charge < -0.3 is 0 Å². The SMILES string of the molecule is CCCN(c1ccncc1F)n1cccc1.Cl. The molecule has 0 unspecified atom stereocenters. The molecule has 5 heteroatoms. The van der Waals surface area contributed by atoms with Gasteiger partial charge in [-0.05, 0) is 24.6 Å². The van der Waals surface area contributed by atoms with Gasteiger partial charge in [0.1, 0.15) is 0 Å². The molecule has 17 heavy (non-hydrogen) atoms. The largest absolute Gasteiger partial charge is 0.279 e. The predicted octanol–water partition coefficient (Wildman–Crippen LogP) is 3.12. The van der Waals surface area contributed by atoms with Crippen molar-refractivity contribution in [3.05, 3.63) is 48.8 Å². The van der Waals surface area contributed by atoms with E-state index in [0.29, 0.717) is 5.69 Å². The van der Waals surface area contributed by atoms with Gasteiger partial charge in [-0.1, -0.05) is 6.92 Å². The van der Waals surface area contributed by atoms with Gasteiger partial charge in [0, 0.05) is 25.1 Å². The van der Waals surface area contributed by atoms with Crippen molar-refractivity contribution >= 4 is 18.1 Å². The van der Waals surface area contributed by atoms with E-state index in [-0.39, 0.29) is 18.2 Å². The Morgan fingerprint density at radius 1 is 1.35 bits per heavy atom. The monoisotopic (exact) mass is 255 g/mol. The van der Waals surface area contributed by atoms with Crippen LogP contribution in [0.1, 0.15) is 13.3 Å². The van der Waals surface area contributed by atoms with Crippen LogP contribution in [0.4, 0.5) is 10.1 Å². The van der Waals surface area contributed by atoms with E-state index in [1.165, 1.54) is 6.20 Å². The fourth-order valence-corrected chi connectivity index (χ4v) is 1.64. The number of halogens is 2. The fourth-order valence-electron chi connectivity index (χ4n) is 1.64. The van der Waals surface area contributed by atoms with Crippen molar-refractivity contribution < 1.29 is 4.39 Å². The summed E-state index contributed by atoms with van der Waals surface area (Å²) >= 11 is 0. The van der Waals surface area contributed by atoms with Crippen LogP contribution in [0, 0.1) is 5.82 Å². The van der Waals surface area contributed by atoms with Crippen molar-refractivity contribution in [1.82, 2.24) is 9.66 Å². The molecular formula is C12H15ClFN3. The molecule has 2 aromatic heterocycles. The van der Waals surface area contributed by atoms with E-state index >= 15 is 0 Å². The third-order valence-corrected chi connectivity index (χ3v) is 2.33. The molecule has 92 valence electrons. The summed E-state index contributed by atoms with van der Waals surface area (Å²) in [6.07, 6.45) is 7.58. The lowest BCUT2D eigenvalue weighted by molar-refractivity contribution is 0.592. The first kappa shape index (κ1) is 13.5. The topological polar surface area (TPSA) is 21.1 Å². The van der Waals surface area contributed by atoms with Crippen LogP contribution < -0.4 is 5.01 Å². The van der Waals surface area contributed by atoms with Crippen LogP contribution in [0.2, 0.25) is 0 Å². The zero-order valence-electron chi connectivity index (χ0n) is 9.58. The lowest BCUT2D eigenvalue weighted by atomic mass is 10.3. The van der Waals surface area contributed by atoms with E-state index in [1.54, 1.807) is 12.3 Å². The van der Waals surface area contributed by atoms with Crippen molar-refractivity contribution in [1.29, 1.82) is 0 Å². The van der Waals surface area contributed by atoms with E-state index in [4.69, 9.17) is 0 Å². The maximum atomic E-state index is 13.6. The Hall–Kier alpha value is -1.55. The summed E-state index contributed by atoms with van der Waals surface area (Å²) in [5.74, 6) is -0.301. The van der Waals surface area contributed by atoms with Crippen LogP contribution in [0.3, 0.4) is 0 Å². The van der Waals surface area contributed by atoms with Gasteiger partial charge in [-0.25, -0.2) is 4.39 Å². The molecule has 0 aliphatic rings. The summed E-state index contributed by atoms with van der Waals surface area (Å²) in [6.45, 7) is 2.82. The van der Waals surface area contributed by atoms with Crippen LogP contribution in [0.5, 0.6) is 0 Å². The average Bonchev–Trinajstić information content (AvgIpc) is 2.80. The average molecular weight is 256 g/mol. The number of hydrogen-bond acceptors (Lipinski definition) is 2. The third kappa shape index (κ3) is 2.97. The number of pyridine rings is 1. The van der Waals surface area contributed by atoms with Crippen LogP contribution in [0.25, 0.3) is 0 Å². The summed E-state index contributed by atoms with van der Waals surface area (Å²) in [7, 11) is 0. The van der Waals surface area contributed by atoms with Crippen molar-refractivity contribution in [2.75, 3.05) is 11.6 Å². The highest BCUT2D eigenvalue weighted by Crippen LogP contribution is 2.18. The summed E-state index contributed by atoms with van der Waals surface area (Å²) in [4.78, 5) is 3.76. The highest BCUT2D eigenvalue weighted by molar-refractivity contribution is 5.85. The molecule has 2 aromatic rings. The first-order valence-corrected chi connectivity index (χ1v) is 5.33. The van der Waals surface area contributed by atoms with Crippen LogP contribution in [-0.2, 0) is 0 Å². The van der Waals surface area contributed by atoms with E-state index in [9.17, 15) is 4.39 Å². The van der Waals surface area contributed by atoms with Gasteiger partial charge in [0.15, 0.2) is 5.82 Å². The normalized spacial score (nSPS) is 9.76. The van der Waals surface area contributed by atoms with Gasteiger partial charge in [0.25, 0.3) is 0 Å². The molecule has 0 aliphatic carbocycles. The van der Waals surface area contributed by atoms with Crippen LogP contribution in [-0.4, -0.2) is 16.2 Å². The molecule has 0 saturated heterocycles. The number of nitrogens with zero attached hydrogens (tertiary/aromatic N) is 3. The summed E-state index contributed by atoms with van der Waals surface area (Å²) in [5.41, 5.74) is 0.549. The quantitative estimate of drug-likeness (QED) is 0.837. The van der Waals surface area contributed by atoms with E-state index in [2.05, 4.69) is 11.9 Å². The zero-order valence-corrected chi connectivity index (χ0v) is 10.4. The second-order valence-corrected chi connectivity index (χ2v) is 3.51. The zero-order chi connectivity index (χ0) is 11.4. The number of aromatic nitrogens is 2. The maximum absolute atomic E-state index is 13.6. The lowest BCUT2D eigenvalue weighted by Crippen LogP contribution is -2.29. The number of rotatable bonds is 4. The van der Waals surface area contributed by atoms with Crippen molar-refractivity contribution in [3.8, 4) is 0 Å². The van der Waals surface area contributed by atoms with Crippen molar-refractivity contribution in [3.63, 3.8) is 0 Å². The fraction of sp³-hybridized carbons (Fsp3) is 0.250. The molecule has 0 spiro atoms. The Morgan fingerprint density at radius 2 is 2.06 bits per heavy atom. The highest BCUT2D eigenvalue weighted by Gasteiger charge is 2.11. The Balaban J connectivity index is 0.00000144. The van der Waals surface area contributed by atoms with Gasteiger partial charge in [-0.3, -0.25) is 14.7 Å². The van der Waals surface area contributed by atoms with Crippen LogP contribution in [0.15, 0.2) is 43.0 Å². The standard InChI is InChI=1S/C12H14FN3.ClH/c1-2-7-16(15-8-3-4-9-15)12-5-6-14-10-11(12)13;/h3-6,8-10H,2,7H2,1H3;1H. The first-order chi connectivity index (χ1) is 7.83. The summed E-state index contributed by atoms with van der Waals surface area (Å²) in [5, 5.41) is 1.89. The Bertz CT molecular complexity index is 445. The molecule has 2 heterocycles. The minimum Gasteiger partial charge on any atom is -0.279 e. The van der Waals surface area contributed by atoms with Gasteiger partial charge in [-0.15, -0.1) is 12.4 Å². The van der Waals surface area contributed by atoms with E-state index in [1.807, 2.05) is 34.2 Å². The lowest BCUT2D eigenvalue weighted by Gasteiger charge is -2.25. The molecule has 2 rings (SSSR count). The maximum Gasteiger partial charge on any atom is 0.166 e. The van der Waals surface area contributed by atoms with Crippen molar-refractivity contribution in [2.24, 2.45) is 0 Å². The smallest absolute Gasteiger partial charge is 0.166 e. The molecule has 0 atom stereocenters. The predicted molar refractivity (Wildman–Crippen MR) is 68.9 cm³/mol. The minimum absolute atomic E-state index is 0. The van der Waals surface area contributed by atoms with Gasteiger partial charge in [0.05, 0.1) is 11.9 Å². The Labute approximate surface area is 106 Å². The summed E-state index contributed by atoms with van der Waals surface area (Å²) < 4.78 is 15.5. The summed E-state index contributed by atoms with van der Waals surface area (Å²) in [6, 6.07) is 5.52. The molecular weight excluding hydrogens is 241 g/mol. The number of anilines is 1. The number of hydrogen-bond donors (Lipinski definition) is 0. The molecule has 0 bridgehead atoms. The highest BCUT2D eigenvalue weighted by atomic mass is 35.5. The molecule has 0 saturated carbocycles. The Morgan fingerprint density at radius 3 is 2.65 bits per heavy atom. The Kier molecular flexibility index (Phi) is 4.97. The second-order valence-electron chi connectivity index (χ2n) is 3.51. The minimum atomic E-state index is -0.301. The second kappa shape index (κ2) is 6.25. The van der Waals surface area contributed by atoms with Crippen LogP contribution >= 0.6 is 12.4 Å².